The summed E-state index contributed by atoms with van der Waals surface area (Å²) >= 11 is 0. The van der Waals surface area contributed by atoms with Gasteiger partial charge in [0.15, 0.2) is 11.5 Å². The number of aromatic nitrogens is 2. The van der Waals surface area contributed by atoms with E-state index in [-0.39, 0.29) is 19.2 Å². The van der Waals surface area contributed by atoms with Crippen LogP contribution in [0.25, 0.3) is 5.69 Å². The number of carbonyl (C=O) groups is 1. The maximum absolute atomic E-state index is 12.7. The van der Waals surface area contributed by atoms with Crippen molar-refractivity contribution in [3.8, 4) is 17.2 Å². The summed E-state index contributed by atoms with van der Waals surface area (Å²) in [6.07, 6.45) is 0. The third-order valence-corrected chi connectivity index (χ3v) is 5.14. The van der Waals surface area contributed by atoms with Crippen LogP contribution in [0.1, 0.15) is 22.5 Å². The van der Waals surface area contributed by atoms with Crippen molar-refractivity contribution in [2.24, 2.45) is 0 Å². The van der Waals surface area contributed by atoms with Crippen molar-refractivity contribution in [1.82, 2.24) is 14.7 Å². The van der Waals surface area contributed by atoms with Gasteiger partial charge in [-0.15, -0.1) is 0 Å². The van der Waals surface area contributed by atoms with Crippen LogP contribution in [0, 0.1) is 20.8 Å². The molecule has 7 heteroatoms. The summed E-state index contributed by atoms with van der Waals surface area (Å²) < 4.78 is 12.6. The van der Waals surface area contributed by atoms with Crippen LogP contribution in [0.15, 0.2) is 42.5 Å². The van der Waals surface area contributed by atoms with Crippen LogP contribution in [0.3, 0.4) is 0 Å². The van der Waals surface area contributed by atoms with Crippen LogP contribution in [-0.2, 0) is 11.3 Å². The normalized spacial score (nSPS) is 12.4. The Kier molecular flexibility index (Phi) is 5.46. The Morgan fingerprint density at radius 2 is 1.83 bits per heavy atom. The number of amides is 1. The smallest absolute Gasteiger partial charge is 0.238 e. The van der Waals surface area contributed by atoms with Gasteiger partial charge in [0.05, 0.1) is 29.3 Å². The van der Waals surface area contributed by atoms with Gasteiger partial charge in [0.1, 0.15) is 0 Å². The summed E-state index contributed by atoms with van der Waals surface area (Å²) in [4.78, 5) is 14.6. The maximum Gasteiger partial charge on any atom is 0.238 e. The first-order valence-electron chi connectivity index (χ1n) is 9.91. The first kappa shape index (κ1) is 20.0. The molecule has 7 nitrogen and oxygen atoms in total. The van der Waals surface area contributed by atoms with Crippen LogP contribution in [0.2, 0.25) is 0 Å². The third-order valence-electron chi connectivity index (χ3n) is 5.14. The van der Waals surface area contributed by atoms with E-state index in [1.165, 1.54) is 5.56 Å². The molecule has 0 aliphatic carbocycles. The maximum atomic E-state index is 12.7. The van der Waals surface area contributed by atoms with Crippen LogP contribution in [0.4, 0.5) is 5.69 Å². The van der Waals surface area contributed by atoms with Crippen molar-refractivity contribution in [1.29, 1.82) is 0 Å². The zero-order valence-electron chi connectivity index (χ0n) is 17.7. The average Bonchev–Trinajstić information content (AvgIpc) is 3.28. The van der Waals surface area contributed by atoms with E-state index in [1.807, 2.05) is 60.8 Å². The predicted octanol–water partition coefficient (Wildman–Crippen LogP) is 3.60. The standard InChI is InChI=1S/C23H26N4O3/c1-15-5-8-19(9-6-15)27-17(3)23(16(2)25-27)24-22(28)13-26(4)12-18-7-10-20-21(11-18)30-14-29-20/h5-11H,12-14H2,1-4H3,(H,24,28). The molecule has 2 aromatic carbocycles. The number of fused-ring (bicyclic) bond motifs is 1. The molecular weight excluding hydrogens is 380 g/mol. The highest BCUT2D eigenvalue weighted by molar-refractivity contribution is 5.93. The molecule has 4 rings (SSSR count). The highest BCUT2D eigenvalue weighted by Gasteiger charge is 2.17. The molecule has 0 bridgehead atoms. The topological polar surface area (TPSA) is 68.6 Å². The van der Waals surface area contributed by atoms with Gasteiger partial charge in [-0.2, -0.15) is 5.10 Å². The number of nitrogens with one attached hydrogen (secondary N) is 1. The van der Waals surface area contributed by atoms with E-state index < -0.39 is 0 Å². The molecule has 0 saturated heterocycles. The Hall–Kier alpha value is -3.32. The number of benzene rings is 2. The summed E-state index contributed by atoms with van der Waals surface area (Å²) in [7, 11) is 1.92. The number of aryl methyl sites for hydroxylation is 2. The molecule has 3 aromatic rings. The number of anilines is 1. The van der Waals surface area contributed by atoms with E-state index in [0.29, 0.717) is 6.54 Å². The van der Waals surface area contributed by atoms with Crippen LogP contribution in [0.5, 0.6) is 11.5 Å². The van der Waals surface area contributed by atoms with Crippen LogP contribution in [-0.4, -0.2) is 41.0 Å². The molecule has 1 aliphatic rings. The molecule has 1 N–H and O–H groups in total. The lowest BCUT2D eigenvalue weighted by Gasteiger charge is -2.17. The number of hydrogen-bond donors (Lipinski definition) is 1. The van der Waals surface area contributed by atoms with Crippen molar-refractivity contribution >= 4 is 11.6 Å². The first-order valence-corrected chi connectivity index (χ1v) is 9.91. The summed E-state index contributed by atoms with van der Waals surface area (Å²) in [6.45, 7) is 7.08. The van der Waals surface area contributed by atoms with Gasteiger partial charge in [0, 0.05) is 6.54 Å². The van der Waals surface area contributed by atoms with Gasteiger partial charge >= 0.3 is 0 Å². The molecule has 0 spiro atoms. The average molecular weight is 406 g/mol. The highest BCUT2D eigenvalue weighted by Crippen LogP contribution is 2.32. The van der Waals surface area contributed by atoms with Crippen molar-refractivity contribution in [2.45, 2.75) is 27.3 Å². The molecule has 0 unspecified atom stereocenters. The minimum absolute atomic E-state index is 0.0760. The molecule has 156 valence electrons. The van der Waals surface area contributed by atoms with E-state index in [9.17, 15) is 4.79 Å². The lowest BCUT2D eigenvalue weighted by Crippen LogP contribution is -2.30. The second kappa shape index (κ2) is 8.20. The Bertz CT molecular complexity index is 1070. The number of carbonyl (C=O) groups excluding carboxylic acids is 1. The van der Waals surface area contributed by atoms with E-state index in [1.54, 1.807) is 0 Å². The monoisotopic (exact) mass is 406 g/mol. The zero-order valence-corrected chi connectivity index (χ0v) is 17.7. The van der Waals surface area contributed by atoms with Crippen molar-refractivity contribution in [3.05, 3.63) is 65.0 Å². The molecule has 0 fully saturated rings. The molecule has 1 aromatic heterocycles. The summed E-state index contributed by atoms with van der Waals surface area (Å²) in [5.74, 6) is 1.43. The Morgan fingerprint density at radius 1 is 1.10 bits per heavy atom. The molecule has 1 aliphatic heterocycles. The van der Waals surface area contributed by atoms with Crippen molar-refractivity contribution < 1.29 is 14.3 Å². The predicted molar refractivity (Wildman–Crippen MR) is 115 cm³/mol. The number of ether oxygens (including phenoxy) is 2. The zero-order chi connectivity index (χ0) is 21.3. The Balaban J connectivity index is 1.40. The largest absolute Gasteiger partial charge is 0.454 e. The molecule has 0 saturated carbocycles. The van der Waals surface area contributed by atoms with E-state index in [0.717, 1.165) is 39.8 Å². The molecule has 1 amide bonds. The van der Waals surface area contributed by atoms with E-state index in [2.05, 4.69) is 29.5 Å². The van der Waals surface area contributed by atoms with Crippen LogP contribution < -0.4 is 14.8 Å². The quantitative estimate of drug-likeness (QED) is 0.678. The first-order chi connectivity index (χ1) is 14.4. The van der Waals surface area contributed by atoms with Gasteiger partial charge in [-0.05, 0) is 57.6 Å². The summed E-state index contributed by atoms with van der Waals surface area (Å²) in [5.41, 5.74) is 5.69. The number of rotatable bonds is 6. The fraction of sp³-hybridized carbons (Fsp3) is 0.304. The van der Waals surface area contributed by atoms with E-state index in [4.69, 9.17) is 9.47 Å². The third kappa shape index (κ3) is 4.16. The molecule has 0 radical (unpaired) electrons. The molecule has 0 atom stereocenters. The second-order valence-electron chi connectivity index (χ2n) is 7.70. The SMILES string of the molecule is Cc1ccc(-n2nc(C)c(NC(=O)CN(C)Cc3ccc4c(c3)OCO4)c2C)cc1. The fourth-order valence-corrected chi connectivity index (χ4v) is 3.59. The Morgan fingerprint density at radius 3 is 2.60 bits per heavy atom. The Labute approximate surface area is 176 Å². The number of likely N-dealkylation sites (N-methyl/N-ethyl adjacent to an activating group) is 1. The van der Waals surface area contributed by atoms with Gasteiger partial charge < -0.3 is 14.8 Å². The van der Waals surface area contributed by atoms with Gasteiger partial charge in [-0.25, -0.2) is 4.68 Å². The lowest BCUT2D eigenvalue weighted by atomic mass is 10.2. The summed E-state index contributed by atoms with van der Waals surface area (Å²) in [6, 6.07) is 14.0. The summed E-state index contributed by atoms with van der Waals surface area (Å²) in [5, 5.41) is 7.64. The van der Waals surface area contributed by atoms with Crippen molar-refractivity contribution in [2.75, 3.05) is 25.7 Å². The van der Waals surface area contributed by atoms with E-state index >= 15 is 0 Å². The molecular formula is C23H26N4O3. The van der Waals surface area contributed by atoms with Crippen molar-refractivity contribution in [3.63, 3.8) is 0 Å². The van der Waals surface area contributed by atoms with Crippen LogP contribution >= 0.6 is 0 Å². The number of nitrogens with zero attached hydrogens (tertiary/aromatic N) is 3. The lowest BCUT2D eigenvalue weighted by molar-refractivity contribution is -0.117. The molecule has 2 heterocycles. The minimum Gasteiger partial charge on any atom is -0.454 e. The number of hydrogen-bond acceptors (Lipinski definition) is 5. The van der Waals surface area contributed by atoms with Gasteiger partial charge in [-0.3, -0.25) is 9.69 Å². The fourth-order valence-electron chi connectivity index (χ4n) is 3.59. The minimum atomic E-state index is -0.0760. The van der Waals surface area contributed by atoms with Gasteiger partial charge in [-0.1, -0.05) is 23.8 Å². The van der Waals surface area contributed by atoms with Gasteiger partial charge in [0.25, 0.3) is 0 Å². The second-order valence-corrected chi connectivity index (χ2v) is 7.70. The molecule has 30 heavy (non-hydrogen) atoms. The highest BCUT2D eigenvalue weighted by atomic mass is 16.7. The van der Waals surface area contributed by atoms with Gasteiger partial charge in [0.2, 0.25) is 12.7 Å².